The second kappa shape index (κ2) is 5.06. The van der Waals surface area contributed by atoms with Gasteiger partial charge in [0, 0.05) is 12.0 Å². The number of carbonyl (C=O) groups excluding carboxylic acids is 1. The first-order valence-electron chi connectivity index (χ1n) is 7.21. The lowest BCUT2D eigenvalue weighted by Crippen LogP contribution is -2.49. The fraction of sp³-hybridized carbons (Fsp3) is 0.933. The Bertz CT molecular complexity index is 345. The zero-order valence-corrected chi connectivity index (χ0v) is 13.4. The Labute approximate surface area is 117 Å². The number of hydrogen-bond donors (Lipinski definition) is 1. The van der Waals surface area contributed by atoms with Crippen molar-refractivity contribution in [2.75, 3.05) is 0 Å². The Kier molecular flexibility index (Phi) is 4.38. The van der Waals surface area contributed by atoms with E-state index in [0.717, 1.165) is 12.8 Å². The van der Waals surface area contributed by atoms with E-state index >= 15 is 0 Å². The highest BCUT2D eigenvalue weighted by Crippen LogP contribution is 2.42. The minimum absolute atomic E-state index is 0.151. The molecule has 1 unspecified atom stereocenters. The highest BCUT2D eigenvalue weighted by molar-refractivity contribution is 5.76. The Morgan fingerprint density at radius 3 is 2.11 bits per heavy atom. The van der Waals surface area contributed by atoms with Crippen molar-refractivity contribution in [1.82, 2.24) is 5.06 Å². The van der Waals surface area contributed by atoms with Gasteiger partial charge in [0.1, 0.15) is 6.10 Å². The summed E-state index contributed by atoms with van der Waals surface area (Å²) in [5, 5.41) is 11.6. The van der Waals surface area contributed by atoms with Crippen molar-refractivity contribution < 1.29 is 14.7 Å². The van der Waals surface area contributed by atoms with Crippen molar-refractivity contribution in [3.8, 4) is 0 Å². The van der Waals surface area contributed by atoms with Gasteiger partial charge in [-0.25, -0.2) is 0 Å². The van der Waals surface area contributed by atoms with Crippen molar-refractivity contribution >= 4 is 5.97 Å². The molecule has 1 saturated heterocycles. The molecule has 112 valence electrons. The highest BCUT2D eigenvalue weighted by atomic mass is 16.6. The van der Waals surface area contributed by atoms with E-state index in [1.165, 1.54) is 5.06 Å². The molecular weight excluding hydrogens is 242 g/mol. The molecule has 0 aromatic heterocycles. The number of hydroxylamine groups is 2. The van der Waals surface area contributed by atoms with Crippen LogP contribution < -0.4 is 0 Å². The predicted molar refractivity (Wildman–Crippen MR) is 75.0 cm³/mol. The normalized spacial score (nSPS) is 26.4. The van der Waals surface area contributed by atoms with Crippen molar-refractivity contribution in [2.24, 2.45) is 5.41 Å². The smallest absolute Gasteiger partial charge is 0.312 e. The van der Waals surface area contributed by atoms with Crippen LogP contribution in [0.1, 0.15) is 67.7 Å². The Morgan fingerprint density at radius 1 is 1.32 bits per heavy atom. The number of carbonyl (C=O) groups is 1. The van der Waals surface area contributed by atoms with E-state index in [0.29, 0.717) is 6.42 Å². The summed E-state index contributed by atoms with van der Waals surface area (Å²) in [6.07, 6.45) is 1.90. The van der Waals surface area contributed by atoms with Gasteiger partial charge in [-0.1, -0.05) is 13.8 Å². The van der Waals surface area contributed by atoms with Crippen LogP contribution in [0.3, 0.4) is 0 Å². The van der Waals surface area contributed by atoms with E-state index in [2.05, 4.69) is 0 Å². The molecule has 0 spiro atoms. The minimum atomic E-state index is -0.554. The summed E-state index contributed by atoms with van der Waals surface area (Å²) in [5.41, 5.74) is -1.35. The summed E-state index contributed by atoms with van der Waals surface area (Å²) >= 11 is 0. The fourth-order valence-corrected chi connectivity index (χ4v) is 2.70. The van der Waals surface area contributed by atoms with Crippen LogP contribution in [-0.2, 0) is 9.53 Å². The summed E-state index contributed by atoms with van der Waals surface area (Å²) in [6.45, 7) is 13.7. The Morgan fingerprint density at radius 2 is 1.79 bits per heavy atom. The average Bonchev–Trinajstić information content (AvgIpc) is 2.49. The first kappa shape index (κ1) is 16.4. The van der Waals surface area contributed by atoms with Crippen LogP contribution in [0.5, 0.6) is 0 Å². The van der Waals surface area contributed by atoms with Crippen molar-refractivity contribution in [3.63, 3.8) is 0 Å². The molecule has 0 amide bonds. The summed E-state index contributed by atoms with van der Waals surface area (Å²) in [5.74, 6) is -0.151. The quantitative estimate of drug-likeness (QED) is 0.796. The van der Waals surface area contributed by atoms with E-state index in [1.807, 2.05) is 48.5 Å². The zero-order valence-electron chi connectivity index (χ0n) is 13.4. The summed E-state index contributed by atoms with van der Waals surface area (Å²) in [7, 11) is 0. The first-order chi connectivity index (χ1) is 8.51. The molecule has 4 nitrogen and oxygen atoms in total. The van der Waals surface area contributed by atoms with Crippen LogP contribution >= 0.6 is 0 Å². The molecule has 1 fully saturated rings. The molecule has 4 heteroatoms. The molecule has 1 aliphatic heterocycles. The van der Waals surface area contributed by atoms with Crippen LogP contribution in [-0.4, -0.2) is 33.4 Å². The monoisotopic (exact) mass is 271 g/mol. The first-order valence-corrected chi connectivity index (χ1v) is 7.21. The van der Waals surface area contributed by atoms with Gasteiger partial charge in [-0.2, -0.15) is 5.06 Å². The third-order valence-corrected chi connectivity index (χ3v) is 4.89. The fourth-order valence-electron chi connectivity index (χ4n) is 2.70. The topological polar surface area (TPSA) is 49.8 Å². The predicted octanol–water partition coefficient (Wildman–Crippen LogP) is 3.38. The van der Waals surface area contributed by atoms with Gasteiger partial charge in [-0.3, -0.25) is 4.79 Å². The number of esters is 1. The lowest BCUT2D eigenvalue weighted by Gasteiger charge is -2.36. The number of ether oxygens (including phenoxy) is 1. The van der Waals surface area contributed by atoms with Crippen molar-refractivity contribution in [1.29, 1.82) is 0 Å². The zero-order chi connectivity index (χ0) is 15.1. The molecule has 1 heterocycles. The lowest BCUT2D eigenvalue weighted by atomic mass is 9.84. The maximum Gasteiger partial charge on any atom is 0.312 e. The van der Waals surface area contributed by atoms with E-state index in [1.54, 1.807) is 0 Å². The van der Waals surface area contributed by atoms with Crippen molar-refractivity contribution in [2.45, 2.75) is 84.9 Å². The standard InChI is InChI=1S/C15H29NO3/c1-8-15(7,9-2)12(17)19-11-10-13(3,4)16(18)14(11,5)6/h11,18H,8-10H2,1-7H3. The third-order valence-electron chi connectivity index (χ3n) is 4.89. The molecule has 0 saturated carbocycles. The average molecular weight is 271 g/mol. The molecule has 1 atom stereocenters. The number of nitrogens with zero attached hydrogens (tertiary/aromatic N) is 1. The van der Waals surface area contributed by atoms with Crippen LogP contribution in [0, 0.1) is 5.41 Å². The number of rotatable bonds is 4. The molecule has 1 aliphatic rings. The van der Waals surface area contributed by atoms with Crippen LogP contribution in [0.2, 0.25) is 0 Å². The Hall–Kier alpha value is -0.610. The van der Waals surface area contributed by atoms with E-state index in [-0.39, 0.29) is 17.6 Å². The molecule has 0 aliphatic carbocycles. The Balaban J connectivity index is 2.87. The SMILES string of the molecule is CCC(C)(CC)C(=O)OC1CC(C)(C)N(O)C1(C)C. The lowest BCUT2D eigenvalue weighted by molar-refractivity contribution is -0.207. The maximum absolute atomic E-state index is 12.4. The third kappa shape index (κ3) is 2.79. The van der Waals surface area contributed by atoms with Gasteiger partial charge in [-0.05, 0) is 47.5 Å². The van der Waals surface area contributed by atoms with Gasteiger partial charge in [-0.15, -0.1) is 0 Å². The summed E-state index contributed by atoms with van der Waals surface area (Å²) in [6, 6.07) is 0. The van der Waals surface area contributed by atoms with E-state index in [9.17, 15) is 10.0 Å². The second-order valence-electron chi connectivity index (χ2n) is 7.14. The molecule has 1 N–H and O–H groups in total. The van der Waals surface area contributed by atoms with Gasteiger partial charge in [0.05, 0.1) is 11.0 Å². The maximum atomic E-state index is 12.4. The largest absolute Gasteiger partial charge is 0.460 e. The van der Waals surface area contributed by atoms with Crippen LogP contribution in [0.25, 0.3) is 0 Å². The molecule has 0 radical (unpaired) electrons. The molecule has 0 bridgehead atoms. The van der Waals surface area contributed by atoms with Crippen LogP contribution in [0.4, 0.5) is 0 Å². The molecule has 19 heavy (non-hydrogen) atoms. The van der Waals surface area contributed by atoms with Gasteiger partial charge in [0.25, 0.3) is 0 Å². The molecule has 0 aromatic carbocycles. The molecular formula is C15H29NO3. The molecule has 1 rings (SSSR count). The van der Waals surface area contributed by atoms with Gasteiger partial charge >= 0.3 is 5.97 Å². The molecule has 0 aromatic rings. The van der Waals surface area contributed by atoms with E-state index < -0.39 is 11.0 Å². The van der Waals surface area contributed by atoms with E-state index in [4.69, 9.17) is 4.74 Å². The highest BCUT2D eigenvalue weighted by Gasteiger charge is 2.54. The van der Waals surface area contributed by atoms with Crippen LogP contribution in [0.15, 0.2) is 0 Å². The van der Waals surface area contributed by atoms with Gasteiger partial charge < -0.3 is 9.94 Å². The minimum Gasteiger partial charge on any atom is -0.460 e. The van der Waals surface area contributed by atoms with Gasteiger partial charge in [0.15, 0.2) is 0 Å². The van der Waals surface area contributed by atoms with Crippen molar-refractivity contribution in [3.05, 3.63) is 0 Å². The number of hydrogen-bond acceptors (Lipinski definition) is 4. The second-order valence-corrected chi connectivity index (χ2v) is 7.14. The van der Waals surface area contributed by atoms with Gasteiger partial charge in [0.2, 0.25) is 0 Å². The summed E-state index contributed by atoms with van der Waals surface area (Å²) in [4.78, 5) is 12.4. The summed E-state index contributed by atoms with van der Waals surface area (Å²) < 4.78 is 5.74.